The first kappa shape index (κ1) is 13.0. The average Bonchev–Trinajstić information content (AvgIpc) is 3.20. The summed E-state index contributed by atoms with van der Waals surface area (Å²) in [5, 5.41) is 3.49. The number of benzene rings is 1. The van der Waals surface area contributed by atoms with E-state index < -0.39 is 0 Å². The number of imidazole rings is 1. The molecule has 116 valence electrons. The molecule has 1 fully saturated rings. The van der Waals surface area contributed by atoms with Gasteiger partial charge in [-0.05, 0) is 37.6 Å². The van der Waals surface area contributed by atoms with Crippen molar-refractivity contribution in [3.05, 3.63) is 42.5 Å². The van der Waals surface area contributed by atoms with Gasteiger partial charge in [-0.3, -0.25) is 0 Å². The Morgan fingerprint density at radius 3 is 2.83 bits per heavy atom. The van der Waals surface area contributed by atoms with Crippen LogP contribution in [0.2, 0.25) is 0 Å². The molecule has 0 unspecified atom stereocenters. The fourth-order valence-corrected chi connectivity index (χ4v) is 4.11. The van der Waals surface area contributed by atoms with Crippen LogP contribution in [-0.2, 0) is 5.41 Å². The zero-order valence-corrected chi connectivity index (χ0v) is 12.8. The predicted molar refractivity (Wildman–Crippen MR) is 88.9 cm³/mol. The highest BCUT2D eigenvalue weighted by atomic mass is 15.2. The third kappa shape index (κ3) is 1.81. The van der Waals surface area contributed by atoms with Crippen LogP contribution in [0.1, 0.15) is 18.4 Å². The maximum absolute atomic E-state index is 4.57. The van der Waals surface area contributed by atoms with E-state index in [2.05, 4.69) is 54.4 Å². The Labute approximate surface area is 134 Å². The predicted octanol–water partition coefficient (Wildman–Crippen LogP) is 2.13. The molecule has 5 rings (SSSR count). The van der Waals surface area contributed by atoms with E-state index in [1.165, 1.54) is 11.3 Å². The number of piperidine rings is 1. The van der Waals surface area contributed by atoms with Crippen molar-refractivity contribution in [2.45, 2.75) is 18.3 Å². The standard InChI is InChI=1S/C17H18N6/c1-2-4-13-12(3-1)17(5-7-18-8-6-17)9-23(13)16-14-15(20-10-19-14)21-11-22-16/h1-4,10-11,18H,5-9H2,(H,19,20,21,22). The Bertz CT molecular complexity index is 864. The molecule has 2 aliphatic rings. The lowest BCUT2D eigenvalue weighted by Crippen LogP contribution is -2.42. The normalized spacial score (nSPS) is 19.4. The summed E-state index contributed by atoms with van der Waals surface area (Å²) in [6.07, 6.45) is 5.62. The first-order valence-corrected chi connectivity index (χ1v) is 8.09. The van der Waals surface area contributed by atoms with Crippen LogP contribution in [0.15, 0.2) is 36.9 Å². The minimum absolute atomic E-state index is 0.221. The lowest BCUT2D eigenvalue weighted by molar-refractivity contribution is 0.329. The van der Waals surface area contributed by atoms with Crippen molar-refractivity contribution >= 4 is 22.7 Å². The Kier molecular flexibility index (Phi) is 2.69. The first-order chi connectivity index (χ1) is 11.4. The number of H-pyrrole nitrogens is 1. The van der Waals surface area contributed by atoms with E-state index in [1.54, 1.807) is 12.7 Å². The number of anilines is 2. The third-order valence-electron chi connectivity index (χ3n) is 5.25. The molecule has 6 nitrogen and oxygen atoms in total. The summed E-state index contributed by atoms with van der Waals surface area (Å²) in [4.78, 5) is 18.6. The van der Waals surface area contributed by atoms with Crippen LogP contribution in [0, 0.1) is 0 Å². The van der Waals surface area contributed by atoms with Crippen LogP contribution in [-0.4, -0.2) is 39.6 Å². The lowest BCUT2D eigenvalue weighted by Gasteiger charge is -2.34. The second-order valence-electron chi connectivity index (χ2n) is 6.43. The molecule has 0 saturated carbocycles. The van der Waals surface area contributed by atoms with Crippen LogP contribution in [0.3, 0.4) is 0 Å². The van der Waals surface area contributed by atoms with E-state index in [4.69, 9.17) is 0 Å². The largest absolute Gasteiger partial charge is 0.340 e. The van der Waals surface area contributed by atoms with Gasteiger partial charge in [0.1, 0.15) is 11.8 Å². The molecule has 1 saturated heterocycles. The summed E-state index contributed by atoms with van der Waals surface area (Å²) < 4.78 is 0. The Balaban J connectivity index is 1.69. The molecule has 2 N–H and O–H groups in total. The summed E-state index contributed by atoms with van der Waals surface area (Å²) >= 11 is 0. The zero-order chi connectivity index (χ0) is 15.3. The number of hydrogen-bond acceptors (Lipinski definition) is 5. The van der Waals surface area contributed by atoms with Crippen molar-refractivity contribution in [1.82, 2.24) is 25.3 Å². The molecule has 4 heterocycles. The fourth-order valence-electron chi connectivity index (χ4n) is 4.11. The summed E-state index contributed by atoms with van der Waals surface area (Å²) in [5.41, 5.74) is 4.57. The van der Waals surface area contributed by atoms with E-state index in [0.29, 0.717) is 0 Å². The molecular weight excluding hydrogens is 288 g/mol. The van der Waals surface area contributed by atoms with E-state index in [1.807, 2.05) is 0 Å². The van der Waals surface area contributed by atoms with Crippen molar-refractivity contribution in [1.29, 1.82) is 0 Å². The molecule has 2 aromatic heterocycles. The topological polar surface area (TPSA) is 69.7 Å². The lowest BCUT2D eigenvalue weighted by atomic mass is 9.75. The quantitative estimate of drug-likeness (QED) is 0.721. The van der Waals surface area contributed by atoms with Gasteiger partial charge in [-0.25, -0.2) is 15.0 Å². The maximum Gasteiger partial charge on any atom is 0.182 e. The van der Waals surface area contributed by atoms with E-state index in [-0.39, 0.29) is 5.41 Å². The number of nitrogens with one attached hydrogen (secondary N) is 2. The monoisotopic (exact) mass is 306 g/mol. The van der Waals surface area contributed by atoms with Gasteiger partial charge >= 0.3 is 0 Å². The number of nitrogens with zero attached hydrogens (tertiary/aromatic N) is 4. The molecule has 0 aliphatic carbocycles. The van der Waals surface area contributed by atoms with Crippen molar-refractivity contribution in [2.75, 3.05) is 24.5 Å². The van der Waals surface area contributed by atoms with Gasteiger partial charge in [0, 0.05) is 17.6 Å². The number of rotatable bonds is 1. The summed E-state index contributed by atoms with van der Waals surface area (Å²) in [6.45, 7) is 3.12. The average molecular weight is 306 g/mol. The van der Waals surface area contributed by atoms with Gasteiger partial charge in [0.15, 0.2) is 11.5 Å². The van der Waals surface area contributed by atoms with Gasteiger partial charge in [-0.15, -0.1) is 0 Å². The molecule has 3 aromatic rings. The molecule has 1 aromatic carbocycles. The summed E-state index contributed by atoms with van der Waals surface area (Å²) in [5.74, 6) is 0.926. The summed E-state index contributed by atoms with van der Waals surface area (Å²) in [7, 11) is 0. The van der Waals surface area contributed by atoms with Crippen molar-refractivity contribution in [3.63, 3.8) is 0 Å². The highest BCUT2D eigenvalue weighted by Crippen LogP contribution is 2.48. The molecular formula is C17H18N6. The minimum Gasteiger partial charge on any atom is -0.340 e. The van der Waals surface area contributed by atoms with Crippen molar-refractivity contribution in [3.8, 4) is 0 Å². The molecule has 0 amide bonds. The number of fused-ring (bicyclic) bond motifs is 3. The Hall–Kier alpha value is -2.47. The number of para-hydroxylation sites is 1. The van der Waals surface area contributed by atoms with Crippen LogP contribution >= 0.6 is 0 Å². The van der Waals surface area contributed by atoms with Gasteiger partial charge in [-0.2, -0.15) is 0 Å². The van der Waals surface area contributed by atoms with Crippen molar-refractivity contribution < 1.29 is 0 Å². The molecule has 0 bridgehead atoms. The van der Waals surface area contributed by atoms with Gasteiger partial charge in [0.05, 0.1) is 6.33 Å². The second kappa shape index (κ2) is 4.76. The number of hydrogen-bond donors (Lipinski definition) is 2. The molecule has 0 radical (unpaired) electrons. The third-order valence-corrected chi connectivity index (χ3v) is 5.25. The van der Waals surface area contributed by atoms with Crippen LogP contribution in [0.5, 0.6) is 0 Å². The SMILES string of the molecule is c1ccc2c(c1)N(c1ncnc3nc[nH]c13)CC21CCNCC1. The minimum atomic E-state index is 0.221. The highest BCUT2D eigenvalue weighted by molar-refractivity contribution is 5.87. The molecule has 2 aliphatic heterocycles. The zero-order valence-electron chi connectivity index (χ0n) is 12.8. The Morgan fingerprint density at radius 1 is 1.04 bits per heavy atom. The summed E-state index contributed by atoms with van der Waals surface area (Å²) in [6, 6.07) is 8.75. The second-order valence-corrected chi connectivity index (χ2v) is 6.43. The highest BCUT2D eigenvalue weighted by Gasteiger charge is 2.44. The van der Waals surface area contributed by atoms with Crippen LogP contribution < -0.4 is 10.2 Å². The van der Waals surface area contributed by atoms with Crippen molar-refractivity contribution in [2.24, 2.45) is 0 Å². The maximum atomic E-state index is 4.57. The van der Waals surface area contributed by atoms with Gasteiger partial charge in [0.2, 0.25) is 0 Å². The molecule has 0 atom stereocenters. The van der Waals surface area contributed by atoms with Crippen LogP contribution in [0.4, 0.5) is 11.5 Å². The number of aromatic amines is 1. The molecule has 1 spiro atoms. The first-order valence-electron chi connectivity index (χ1n) is 8.09. The van der Waals surface area contributed by atoms with Gasteiger partial charge in [-0.1, -0.05) is 18.2 Å². The van der Waals surface area contributed by atoms with Gasteiger partial charge < -0.3 is 15.2 Å². The molecule has 23 heavy (non-hydrogen) atoms. The van der Waals surface area contributed by atoms with E-state index in [9.17, 15) is 0 Å². The van der Waals surface area contributed by atoms with E-state index in [0.717, 1.165) is 49.5 Å². The van der Waals surface area contributed by atoms with E-state index >= 15 is 0 Å². The smallest absolute Gasteiger partial charge is 0.182 e. The Morgan fingerprint density at radius 2 is 1.91 bits per heavy atom. The van der Waals surface area contributed by atoms with Crippen LogP contribution in [0.25, 0.3) is 11.2 Å². The number of aromatic nitrogens is 4. The fraction of sp³-hybridized carbons (Fsp3) is 0.353. The molecule has 6 heteroatoms. The van der Waals surface area contributed by atoms with Gasteiger partial charge in [0.25, 0.3) is 0 Å².